The Morgan fingerprint density at radius 2 is 2.25 bits per heavy atom. The van der Waals surface area contributed by atoms with E-state index < -0.39 is 0 Å². The van der Waals surface area contributed by atoms with E-state index in [1.165, 1.54) is 16.9 Å². The van der Waals surface area contributed by atoms with Crippen molar-refractivity contribution in [3.63, 3.8) is 0 Å². The number of halogens is 2. The Morgan fingerprint density at radius 1 is 1.50 bits per heavy atom. The third kappa shape index (κ3) is 1.94. The number of hydrogen-bond donors (Lipinski definition) is 1. The number of hydrogen-bond acceptors (Lipinski definition) is 2. The quantitative estimate of drug-likeness (QED) is 0.876. The molecule has 3 nitrogen and oxygen atoms in total. The molecule has 0 saturated heterocycles. The van der Waals surface area contributed by atoms with E-state index in [2.05, 4.69) is 5.10 Å². The van der Waals surface area contributed by atoms with Gasteiger partial charge in [0.1, 0.15) is 11.5 Å². The molecule has 2 aromatic rings. The molecular formula is C11H11ClFN3. The van der Waals surface area contributed by atoms with Crippen LogP contribution in [0.25, 0.3) is 5.69 Å². The first-order valence-corrected chi connectivity index (χ1v) is 5.22. The minimum atomic E-state index is -0.366. The summed E-state index contributed by atoms with van der Waals surface area (Å²) < 4.78 is 15.1. The first kappa shape index (κ1) is 11.1. The van der Waals surface area contributed by atoms with Crippen molar-refractivity contribution in [3.8, 4) is 5.69 Å². The van der Waals surface area contributed by atoms with Crippen LogP contribution in [0, 0.1) is 5.82 Å². The third-order valence-electron chi connectivity index (χ3n) is 2.29. The van der Waals surface area contributed by atoms with E-state index in [9.17, 15) is 4.39 Å². The van der Waals surface area contributed by atoms with Crippen LogP contribution in [0.4, 0.5) is 4.39 Å². The highest BCUT2D eigenvalue weighted by Crippen LogP contribution is 2.23. The summed E-state index contributed by atoms with van der Waals surface area (Å²) in [5.41, 5.74) is 6.83. The Hall–Kier alpha value is -1.39. The number of benzene rings is 1. The van der Waals surface area contributed by atoms with Gasteiger partial charge in [0.15, 0.2) is 0 Å². The van der Waals surface area contributed by atoms with Gasteiger partial charge in [-0.2, -0.15) is 5.10 Å². The Labute approximate surface area is 97.6 Å². The molecule has 1 aromatic carbocycles. The molecule has 0 amide bonds. The summed E-state index contributed by atoms with van der Waals surface area (Å²) in [5.74, 6) is -0.366. The molecule has 1 heterocycles. The predicted octanol–water partition coefficient (Wildman–Crippen LogP) is 2.68. The molecule has 1 aromatic heterocycles. The van der Waals surface area contributed by atoms with E-state index in [0.717, 1.165) is 0 Å². The summed E-state index contributed by atoms with van der Waals surface area (Å²) in [5, 5.41) is 4.44. The van der Waals surface area contributed by atoms with Gasteiger partial charge in [-0.25, -0.2) is 9.07 Å². The van der Waals surface area contributed by atoms with E-state index in [1.54, 1.807) is 25.3 Å². The maximum absolute atomic E-state index is 13.7. The van der Waals surface area contributed by atoms with Crippen molar-refractivity contribution in [1.29, 1.82) is 0 Å². The lowest BCUT2D eigenvalue weighted by Gasteiger charge is -2.13. The van der Waals surface area contributed by atoms with Crippen molar-refractivity contribution in [2.24, 2.45) is 5.73 Å². The Balaban J connectivity index is 2.62. The number of para-hydroxylation sites is 1. The summed E-state index contributed by atoms with van der Waals surface area (Å²) >= 11 is 5.76. The molecule has 84 valence electrons. The maximum atomic E-state index is 13.7. The zero-order valence-corrected chi connectivity index (χ0v) is 9.45. The van der Waals surface area contributed by atoms with Crippen molar-refractivity contribution in [1.82, 2.24) is 9.78 Å². The van der Waals surface area contributed by atoms with Crippen LogP contribution in [-0.2, 0) is 0 Å². The minimum absolute atomic E-state index is 0.270. The molecule has 0 bridgehead atoms. The van der Waals surface area contributed by atoms with Crippen LogP contribution in [0.5, 0.6) is 0 Å². The van der Waals surface area contributed by atoms with Crippen LogP contribution in [0.2, 0.25) is 5.02 Å². The molecule has 0 fully saturated rings. The average Bonchev–Trinajstić information content (AvgIpc) is 2.64. The Morgan fingerprint density at radius 3 is 2.81 bits per heavy atom. The van der Waals surface area contributed by atoms with E-state index >= 15 is 0 Å². The van der Waals surface area contributed by atoms with Crippen LogP contribution < -0.4 is 5.73 Å². The lowest BCUT2D eigenvalue weighted by molar-refractivity contribution is 0.603. The van der Waals surface area contributed by atoms with Gasteiger partial charge >= 0.3 is 0 Å². The maximum Gasteiger partial charge on any atom is 0.149 e. The summed E-state index contributed by atoms with van der Waals surface area (Å²) in [7, 11) is 0. The van der Waals surface area contributed by atoms with Crippen molar-refractivity contribution in [3.05, 3.63) is 47.0 Å². The van der Waals surface area contributed by atoms with Crippen LogP contribution in [0.15, 0.2) is 30.6 Å². The Bertz CT molecular complexity index is 508. The van der Waals surface area contributed by atoms with Gasteiger partial charge in [-0.15, -0.1) is 0 Å². The van der Waals surface area contributed by atoms with Crippen molar-refractivity contribution in [2.45, 2.75) is 13.0 Å². The third-order valence-corrected chi connectivity index (χ3v) is 2.48. The first-order chi connectivity index (χ1) is 7.59. The highest BCUT2D eigenvalue weighted by atomic mass is 35.5. The van der Waals surface area contributed by atoms with Gasteiger partial charge in [0, 0.05) is 12.2 Å². The molecule has 0 aliphatic heterocycles. The van der Waals surface area contributed by atoms with Gasteiger partial charge in [-0.3, -0.25) is 0 Å². The molecule has 0 spiro atoms. The predicted molar refractivity (Wildman–Crippen MR) is 61.1 cm³/mol. The monoisotopic (exact) mass is 239 g/mol. The molecule has 0 aliphatic carbocycles. The molecule has 5 heteroatoms. The van der Waals surface area contributed by atoms with Crippen LogP contribution in [0.3, 0.4) is 0 Å². The van der Waals surface area contributed by atoms with E-state index in [-0.39, 0.29) is 11.9 Å². The van der Waals surface area contributed by atoms with E-state index in [0.29, 0.717) is 16.3 Å². The molecule has 1 atom stereocenters. The van der Waals surface area contributed by atoms with Crippen LogP contribution in [-0.4, -0.2) is 9.78 Å². The van der Waals surface area contributed by atoms with E-state index in [1.807, 2.05) is 0 Å². The van der Waals surface area contributed by atoms with Crippen molar-refractivity contribution < 1.29 is 4.39 Å². The van der Waals surface area contributed by atoms with Crippen LogP contribution in [0.1, 0.15) is 18.5 Å². The summed E-state index contributed by atoms with van der Waals surface area (Å²) in [6.07, 6.45) is 3.00. The average molecular weight is 240 g/mol. The zero-order valence-electron chi connectivity index (χ0n) is 8.69. The van der Waals surface area contributed by atoms with E-state index in [4.69, 9.17) is 17.3 Å². The molecular weight excluding hydrogens is 229 g/mol. The molecule has 0 unspecified atom stereocenters. The standard InChI is InChI=1S/C11H11ClFN3/c1-7(14)9-3-2-4-10(13)11(9)16-6-8(12)5-15-16/h2-7H,14H2,1H3/t7-/m0/s1. The Kier molecular flexibility index (Phi) is 2.94. The number of aromatic nitrogens is 2. The summed E-state index contributed by atoms with van der Waals surface area (Å²) in [6.45, 7) is 1.80. The smallest absolute Gasteiger partial charge is 0.149 e. The summed E-state index contributed by atoms with van der Waals surface area (Å²) in [6, 6.07) is 4.51. The minimum Gasteiger partial charge on any atom is -0.324 e. The fourth-order valence-electron chi connectivity index (χ4n) is 1.56. The molecule has 0 saturated carbocycles. The lowest BCUT2D eigenvalue weighted by Crippen LogP contribution is -2.11. The molecule has 16 heavy (non-hydrogen) atoms. The molecule has 2 rings (SSSR count). The molecule has 0 aliphatic rings. The zero-order chi connectivity index (χ0) is 11.7. The first-order valence-electron chi connectivity index (χ1n) is 4.84. The van der Waals surface area contributed by atoms with Gasteiger partial charge in [-0.05, 0) is 18.6 Å². The van der Waals surface area contributed by atoms with Gasteiger partial charge in [0.05, 0.1) is 11.2 Å². The molecule has 0 radical (unpaired) electrons. The van der Waals surface area contributed by atoms with Crippen molar-refractivity contribution in [2.75, 3.05) is 0 Å². The fourth-order valence-corrected chi connectivity index (χ4v) is 1.70. The molecule has 2 N–H and O–H groups in total. The number of rotatable bonds is 2. The van der Waals surface area contributed by atoms with Gasteiger partial charge in [-0.1, -0.05) is 23.7 Å². The van der Waals surface area contributed by atoms with Gasteiger partial charge in [0.2, 0.25) is 0 Å². The second kappa shape index (κ2) is 4.23. The van der Waals surface area contributed by atoms with Gasteiger partial charge in [0.25, 0.3) is 0 Å². The highest BCUT2D eigenvalue weighted by Gasteiger charge is 2.14. The van der Waals surface area contributed by atoms with Gasteiger partial charge < -0.3 is 5.73 Å². The second-order valence-electron chi connectivity index (χ2n) is 3.57. The number of nitrogens with two attached hydrogens (primary N) is 1. The topological polar surface area (TPSA) is 43.8 Å². The highest BCUT2D eigenvalue weighted by molar-refractivity contribution is 6.30. The van der Waals surface area contributed by atoms with Crippen LogP contribution >= 0.6 is 11.6 Å². The van der Waals surface area contributed by atoms with Crippen molar-refractivity contribution >= 4 is 11.6 Å². The largest absolute Gasteiger partial charge is 0.324 e. The number of nitrogens with zero attached hydrogens (tertiary/aromatic N) is 2. The normalized spacial score (nSPS) is 12.8. The lowest BCUT2D eigenvalue weighted by atomic mass is 10.1. The fraction of sp³-hybridized carbons (Fsp3) is 0.182. The summed E-state index contributed by atoms with van der Waals surface area (Å²) in [4.78, 5) is 0. The second-order valence-corrected chi connectivity index (χ2v) is 4.01. The SMILES string of the molecule is C[C@H](N)c1cccc(F)c1-n1cc(Cl)cn1.